The molecule has 0 bridgehead atoms. The van der Waals surface area contributed by atoms with Crippen LogP contribution in [-0.4, -0.2) is 23.0 Å². The molecule has 0 aliphatic carbocycles. The SMILES string of the molecule is CCC(N)(CC)CNC(=O)c1ccc(-c2ccco2)nc1C.Cl.Cl. The first-order valence-corrected chi connectivity index (χ1v) is 7.57. The maximum absolute atomic E-state index is 12.3. The summed E-state index contributed by atoms with van der Waals surface area (Å²) in [4.78, 5) is 16.7. The van der Waals surface area contributed by atoms with Gasteiger partial charge in [-0.05, 0) is 44.0 Å². The van der Waals surface area contributed by atoms with Crippen molar-refractivity contribution in [2.24, 2.45) is 5.73 Å². The number of aryl methyl sites for hydroxylation is 1. The van der Waals surface area contributed by atoms with Crippen molar-refractivity contribution in [3.05, 3.63) is 41.8 Å². The van der Waals surface area contributed by atoms with Crippen LogP contribution in [0.5, 0.6) is 0 Å². The molecule has 2 rings (SSSR count). The van der Waals surface area contributed by atoms with Crippen molar-refractivity contribution in [2.75, 3.05) is 6.54 Å². The van der Waals surface area contributed by atoms with Gasteiger partial charge in [0.25, 0.3) is 5.91 Å². The van der Waals surface area contributed by atoms with Crippen molar-refractivity contribution in [1.29, 1.82) is 0 Å². The lowest BCUT2D eigenvalue weighted by molar-refractivity contribution is 0.0941. The molecule has 1 amide bonds. The van der Waals surface area contributed by atoms with Crippen molar-refractivity contribution >= 4 is 30.7 Å². The molecule has 2 aromatic heterocycles. The van der Waals surface area contributed by atoms with Crippen LogP contribution in [0.2, 0.25) is 0 Å². The van der Waals surface area contributed by atoms with Gasteiger partial charge in [-0.25, -0.2) is 4.98 Å². The zero-order valence-corrected chi connectivity index (χ0v) is 15.8. The Labute approximate surface area is 155 Å². The van der Waals surface area contributed by atoms with E-state index in [1.807, 2.05) is 32.9 Å². The number of pyridine rings is 1. The van der Waals surface area contributed by atoms with Crippen LogP contribution in [0.4, 0.5) is 0 Å². The molecule has 2 heterocycles. The summed E-state index contributed by atoms with van der Waals surface area (Å²) in [6, 6.07) is 7.21. The summed E-state index contributed by atoms with van der Waals surface area (Å²) in [5.74, 6) is 0.542. The third kappa shape index (κ3) is 5.23. The maximum Gasteiger partial charge on any atom is 0.253 e. The Kier molecular flexibility index (Phi) is 9.04. The van der Waals surface area contributed by atoms with E-state index in [2.05, 4.69) is 10.3 Å². The van der Waals surface area contributed by atoms with E-state index in [1.54, 1.807) is 18.4 Å². The highest BCUT2D eigenvalue weighted by Crippen LogP contribution is 2.19. The van der Waals surface area contributed by atoms with E-state index < -0.39 is 0 Å². The number of hydrogen-bond donors (Lipinski definition) is 2. The number of nitrogens with zero attached hydrogens (tertiary/aromatic N) is 1. The van der Waals surface area contributed by atoms with Crippen LogP contribution in [0.25, 0.3) is 11.5 Å². The van der Waals surface area contributed by atoms with Gasteiger partial charge in [0.15, 0.2) is 5.76 Å². The average Bonchev–Trinajstić information content (AvgIpc) is 3.06. The predicted octanol–water partition coefficient (Wildman–Crippen LogP) is 3.74. The van der Waals surface area contributed by atoms with Gasteiger partial charge in [0.05, 0.1) is 17.5 Å². The topological polar surface area (TPSA) is 81.1 Å². The Hall–Kier alpha value is -1.56. The highest BCUT2D eigenvalue weighted by Gasteiger charge is 2.22. The van der Waals surface area contributed by atoms with Gasteiger partial charge >= 0.3 is 0 Å². The van der Waals surface area contributed by atoms with E-state index in [9.17, 15) is 4.79 Å². The molecule has 0 saturated heterocycles. The second kappa shape index (κ2) is 9.67. The fourth-order valence-corrected chi connectivity index (χ4v) is 2.21. The first-order chi connectivity index (χ1) is 10.5. The monoisotopic (exact) mass is 373 g/mol. The summed E-state index contributed by atoms with van der Waals surface area (Å²) in [7, 11) is 0. The molecule has 0 spiro atoms. The molecule has 2 aromatic rings. The second-order valence-electron chi connectivity index (χ2n) is 5.56. The molecule has 24 heavy (non-hydrogen) atoms. The van der Waals surface area contributed by atoms with Gasteiger partial charge in [0.1, 0.15) is 5.69 Å². The number of halogens is 2. The smallest absolute Gasteiger partial charge is 0.253 e. The highest BCUT2D eigenvalue weighted by molar-refractivity contribution is 5.95. The third-order valence-electron chi connectivity index (χ3n) is 4.11. The largest absolute Gasteiger partial charge is 0.463 e. The molecule has 3 N–H and O–H groups in total. The van der Waals surface area contributed by atoms with Crippen LogP contribution < -0.4 is 11.1 Å². The van der Waals surface area contributed by atoms with Gasteiger partial charge in [-0.2, -0.15) is 0 Å². The Balaban J connectivity index is 0.00000264. The number of rotatable bonds is 6. The molecule has 0 aromatic carbocycles. The summed E-state index contributed by atoms with van der Waals surface area (Å²) in [5.41, 5.74) is 7.80. The fraction of sp³-hybridized carbons (Fsp3) is 0.412. The molecule has 0 unspecified atom stereocenters. The molecule has 0 aliphatic heterocycles. The summed E-state index contributed by atoms with van der Waals surface area (Å²) < 4.78 is 5.32. The van der Waals surface area contributed by atoms with Crippen LogP contribution >= 0.6 is 24.8 Å². The minimum atomic E-state index is -0.356. The molecule has 5 nitrogen and oxygen atoms in total. The highest BCUT2D eigenvalue weighted by atomic mass is 35.5. The van der Waals surface area contributed by atoms with Crippen LogP contribution in [-0.2, 0) is 0 Å². The number of carbonyl (C=O) groups is 1. The lowest BCUT2D eigenvalue weighted by Gasteiger charge is -2.26. The van der Waals surface area contributed by atoms with Crippen molar-refractivity contribution < 1.29 is 9.21 Å². The summed E-state index contributed by atoms with van der Waals surface area (Å²) >= 11 is 0. The van der Waals surface area contributed by atoms with E-state index in [1.165, 1.54) is 0 Å². The van der Waals surface area contributed by atoms with Crippen molar-refractivity contribution in [3.63, 3.8) is 0 Å². The summed E-state index contributed by atoms with van der Waals surface area (Å²) in [6.45, 7) is 6.33. The van der Waals surface area contributed by atoms with Gasteiger partial charge in [-0.1, -0.05) is 13.8 Å². The summed E-state index contributed by atoms with van der Waals surface area (Å²) in [6.07, 6.45) is 3.24. The van der Waals surface area contributed by atoms with Gasteiger partial charge in [0.2, 0.25) is 0 Å². The molecular weight excluding hydrogens is 349 g/mol. The number of aromatic nitrogens is 1. The molecule has 7 heteroatoms. The van der Waals surface area contributed by atoms with Crippen LogP contribution in [0, 0.1) is 6.92 Å². The van der Waals surface area contributed by atoms with Crippen LogP contribution in [0.3, 0.4) is 0 Å². The number of amides is 1. The minimum Gasteiger partial charge on any atom is -0.463 e. The first-order valence-electron chi connectivity index (χ1n) is 7.57. The molecule has 0 radical (unpaired) electrons. The van der Waals surface area contributed by atoms with E-state index in [0.717, 1.165) is 12.8 Å². The van der Waals surface area contributed by atoms with Crippen molar-refractivity contribution in [3.8, 4) is 11.5 Å². The average molecular weight is 374 g/mol. The molecule has 134 valence electrons. The Bertz CT molecular complexity index is 641. The number of carbonyl (C=O) groups excluding carboxylic acids is 1. The van der Waals surface area contributed by atoms with E-state index in [-0.39, 0.29) is 36.3 Å². The quantitative estimate of drug-likeness (QED) is 0.807. The second-order valence-corrected chi connectivity index (χ2v) is 5.56. The number of furan rings is 1. The molecule has 0 atom stereocenters. The van der Waals surface area contributed by atoms with Gasteiger partial charge in [0, 0.05) is 12.1 Å². The van der Waals surface area contributed by atoms with Gasteiger partial charge < -0.3 is 15.5 Å². The number of nitrogens with two attached hydrogens (primary N) is 1. The molecule has 0 fully saturated rings. The standard InChI is InChI=1S/C17H23N3O2.2ClH/c1-4-17(18,5-2)11-19-16(21)13-8-9-14(20-12(13)3)15-7-6-10-22-15;;/h6-10H,4-5,11,18H2,1-3H3,(H,19,21);2*1H. The molecular formula is C17H25Cl2N3O2. The van der Waals surface area contributed by atoms with Gasteiger partial charge in [-0.3, -0.25) is 4.79 Å². The third-order valence-corrected chi connectivity index (χ3v) is 4.11. The Morgan fingerprint density at radius 2 is 1.92 bits per heavy atom. The van der Waals surface area contributed by atoms with E-state index in [4.69, 9.17) is 10.2 Å². The lowest BCUT2D eigenvalue weighted by Crippen LogP contribution is -2.49. The molecule has 0 saturated carbocycles. The summed E-state index contributed by atoms with van der Waals surface area (Å²) in [5, 5.41) is 2.91. The zero-order chi connectivity index (χ0) is 16.2. The molecule has 0 aliphatic rings. The van der Waals surface area contributed by atoms with E-state index in [0.29, 0.717) is 29.3 Å². The van der Waals surface area contributed by atoms with Crippen molar-refractivity contribution in [1.82, 2.24) is 10.3 Å². The fourth-order valence-electron chi connectivity index (χ4n) is 2.21. The van der Waals surface area contributed by atoms with Crippen LogP contribution in [0.1, 0.15) is 42.7 Å². The Morgan fingerprint density at radius 1 is 1.25 bits per heavy atom. The predicted molar refractivity (Wildman–Crippen MR) is 101 cm³/mol. The van der Waals surface area contributed by atoms with Gasteiger partial charge in [-0.15, -0.1) is 24.8 Å². The van der Waals surface area contributed by atoms with Crippen molar-refractivity contribution in [2.45, 2.75) is 39.2 Å². The van der Waals surface area contributed by atoms with E-state index >= 15 is 0 Å². The first kappa shape index (κ1) is 22.4. The number of hydrogen-bond acceptors (Lipinski definition) is 4. The minimum absolute atomic E-state index is 0. The number of nitrogens with one attached hydrogen (secondary N) is 1. The zero-order valence-electron chi connectivity index (χ0n) is 14.2. The normalized spacial score (nSPS) is 10.5. The lowest BCUT2D eigenvalue weighted by atomic mass is 9.94. The van der Waals surface area contributed by atoms with Crippen LogP contribution in [0.15, 0.2) is 34.9 Å². The maximum atomic E-state index is 12.3. The Morgan fingerprint density at radius 3 is 2.42 bits per heavy atom.